The Kier molecular flexibility index (Phi) is 6.28. The van der Waals surface area contributed by atoms with Gasteiger partial charge >= 0.3 is 0 Å². The molecule has 0 aliphatic carbocycles. The second kappa shape index (κ2) is 9.12. The van der Waals surface area contributed by atoms with Gasteiger partial charge < -0.3 is 4.52 Å². The molecule has 32 heavy (non-hydrogen) atoms. The molecule has 2 aromatic heterocycles. The molecule has 2 N–H and O–H groups in total. The normalized spacial score (nSPS) is 11.4. The fourth-order valence-corrected chi connectivity index (χ4v) is 4.62. The Labute approximate surface area is 191 Å². The second-order valence-corrected chi connectivity index (χ2v) is 9.89. The Morgan fingerprint density at radius 1 is 1.16 bits per heavy atom. The Hall–Kier alpha value is -3.19. The number of anilines is 1. The molecular formula is C19H15ClN6O4S2. The van der Waals surface area contributed by atoms with Gasteiger partial charge in [-0.2, -0.15) is 9.71 Å². The molecule has 2 heterocycles. The maximum absolute atomic E-state index is 12.5. The van der Waals surface area contributed by atoms with E-state index < -0.39 is 15.9 Å². The number of carbonyl (C=O) groups is 1. The summed E-state index contributed by atoms with van der Waals surface area (Å²) in [5.41, 5.74) is 2.13. The van der Waals surface area contributed by atoms with Crippen molar-refractivity contribution in [3.63, 3.8) is 0 Å². The van der Waals surface area contributed by atoms with Crippen LogP contribution in [0.3, 0.4) is 0 Å². The van der Waals surface area contributed by atoms with Crippen LogP contribution in [-0.4, -0.2) is 34.7 Å². The van der Waals surface area contributed by atoms with Crippen LogP contribution in [0.5, 0.6) is 0 Å². The van der Waals surface area contributed by atoms with Crippen LogP contribution in [0.2, 0.25) is 5.02 Å². The lowest BCUT2D eigenvalue weighted by molar-refractivity contribution is 0.102. The summed E-state index contributed by atoms with van der Waals surface area (Å²) >= 11 is 6.51. The van der Waals surface area contributed by atoms with E-state index in [4.69, 9.17) is 16.1 Å². The highest BCUT2D eigenvalue weighted by atomic mass is 35.5. The van der Waals surface area contributed by atoms with Gasteiger partial charge in [0.15, 0.2) is 0 Å². The summed E-state index contributed by atoms with van der Waals surface area (Å²) in [5.74, 6) is -0.0267. The summed E-state index contributed by atoms with van der Waals surface area (Å²) in [5, 5.41) is 14.2. The number of halogens is 1. The number of carbonyl (C=O) groups excluding carboxylic acids is 1. The zero-order valence-corrected chi connectivity index (χ0v) is 18.8. The van der Waals surface area contributed by atoms with Crippen LogP contribution in [0.4, 0.5) is 5.13 Å². The molecular weight excluding hydrogens is 476 g/mol. The zero-order chi connectivity index (χ0) is 22.7. The van der Waals surface area contributed by atoms with Gasteiger partial charge in [-0.3, -0.25) is 10.1 Å². The third kappa shape index (κ3) is 5.16. The first-order valence-corrected chi connectivity index (χ1v) is 11.8. The first-order chi connectivity index (χ1) is 15.3. The summed E-state index contributed by atoms with van der Waals surface area (Å²) in [6.45, 7) is 1.71. The quantitative estimate of drug-likeness (QED) is 0.376. The summed E-state index contributed by atoms with van der Waals surface area (Å²) in [7, 11) is -4.01. The first-order valence-electron chi connectivity index (χ1n) is 9.10. The Morgan fingerprint density at radius 2 is 1.94 bits per heavy atom. The molecule has 0 saturated heterocycles. The number of nitrogens with one attached hydrogen (secondary N) is 2. The monoisotopic (exact) mass is 490 g/mol. The Balaban J connectivity index is 1.40. The molecule has 0 spiro atoms. The molecule has 0 fully saturated rings. The molecule has 0 radical (unpaired) electrons. The standard InChI is InChI=1S/C19H15ClN6O4S2/c1-11-3-2-4-13(9-11)16-22-15(30-26-16)10-21-32(28,29)19-25-24-18(31-19)23-17(27)12-5-7-14(20)8-6-12/h2-9,21H,10H2,1H3,(H,23,24,27). The van der Waals surface area contributed by atoms with E-state index in [9.17, 15) is 13.2 Å². The molecule has 0 atom stereocenters. The Morgan fingerprint density at radius 3 is 2.69 bits per heavy atom. The smallest absolute Gasteiger partial charge is 0.270 e. The number of benzene rings is 2. The van der Waals surface area contributed by atoms with Crippen LogP contribution in [0.1, 0.15) is 21.8 Å². The minimum atomic E-state index is -4.01. The topological polar surface area (TPSA) is 140 Å². The van der Waals surface area contributed by atoms with E-state index in [-0.39, 0.29) is 21.9 Å². The molecule has 0 aliphatic rings. The maximum Gasteiger partial charge on any atom is 0.270 e. The first kappa shape index (κ1) is 22.0. The molecule has 10 nitrogen and oxygen atoms in total. The minimum Gasteiger partial charge on any atom is -0.338 e. The largest absolute Gasteiger partial charge is 0.338 e. The van der Waals surface area contributed by atoms with Gasteiger partial charge in [-0.25, -0.2) is 8.42 Å². The third-order valence-corrected chi connectivity index (χ3v) is 6.98. The molecule has 0 saturated carbocycles. The number of nitrogens with zero attached hydrogens (tertiary/aromatic N) is 4. The number of hydrogen-bond acceptors (Lipinski definition) is 9. The van der Waals surface area contributed by atoms with E-state index >= 15 is 0 Å². The van der Waals surface area contributed by atoms with Crippen molar-refractivity contribution < 1.29 is 17.7 Å². The van der Waals surface area contributed by atoms with Crippen molar-refractivity contribution in [3.05, 3.63) is 70.6 Å². The highest BCUT2D eigenvalue weighted by Crippen LogP contribution is 2.21. The lowest BCUT2D eigenvalue weighted by Gasteiger charge is -2.01. The summed E-state index contributed by atoms with van der Waals surface area (Å²) in [6.07, 6.45) is 0. The van der Waals surface area contributed by atoms with E-state index in [0.717, 1.165) is 11.1 Å². The van der Waals surface area contributed by atoms with Crippen molar-refractivity contribution >= 4 is 44.0 Å². The fourth-order valence-electron chi connectivity index (χ4n) is 2.59. The number of rotatable bonds is 7. The number of aromatic nitrogens is 4. The molecule has 0 aliphatic heterocycles. The minimum absolute atomic E-state index is 0.0323. The van der Waals surface area contributed by atoms with Crippen LogP contribution in [0, 0.1) is 6.92 Å². The van der Waals surface area contributed by atoms with Gasteiger partial charge in [-0.1, -0.05) is 51.9 Å². The van der Waals surface area contributed by atoms with E-state index in [1.54, 1.807) is 12.1 Å². The third-order valence-electron chi connectivity index (χ3n) is 4.12. The molecule has 0 unspecified atom stereocenters. The zero-order valence-electron chi connectivity index (χ0n) is 16.4. The van der Waals surface area contributed by atoms with Crippen LogP contribution < -0.4 is 10.0 Å². The van der Waals surface area contributed by atoms with E-state index in [1.165, 1.54) is 12.1 Å². The van der Waals surface area contributed by atoms with Gasteiger partial charge in [-0.15, -0.1) is 10.2 Å². The van der Waals surface area contributed by atoms with Gasteiger partial charge in [0.05, 0.1) is 6.54 Å². The van der Waals surface area contributed by atoms with Crippen molar-refractivity contribution in [3.8, 4) is 11.4 Å². The van der Waals surface area contributed by atoms with Crippen molar-refractivity contribution in [2.24, 2.45) is 0 Å². The lowest BCUT2D eigenvalue weighted by atomic mass is 10.1. The molecule has 4 rings (SSSR count). The second-order valence-electron chi connectivity index (χ2n) is 6.54. The van der Waals surface area contributed by atoms with E-state index in [0.29, 0.717) is 27.7 Å². The van der Waals surface area contributed by atoms with Gasteiger partial charge in [0.1, 0.15) is 0 Å². The average Bonchev–Trinajstić information content (AvgIpc) is 3.43. The number of sulfonamides is 1. The predicted octanol–water partition coefficient (Wildman–Crippen LogP) is 3.28. The summed E-state index contributed by atoms with van der Waals surface area (Å²) in [6, 6.07) is 13.7. The van der Waals surface area contributed by atoms with Crippen molar-refractivity contribution in [2.45, 2.75) is 17.8 Å². The van der Waals surface area contributed by atoms with Crippen molar-refractivity contribution in [2.75, 3.05) is 5.32 Å². The van der Waals surface area contributed by atoms with Gasteiger partial charge in [-0.05, 0) is 37.3 Å². The average molecular weight is 491 g/mol. The number of aryl methyl sites for hydroxylation is 1. The van der Waals surface area contributed by atoms with Gasteiger partial charge in [0, 0.05) is 16.1 Å². The van der Waals surface area contributed by atoms with Crippen molar-refractivity contribution in [1.82, 2.24) is 25.1 Å². The number of amides is 1. The molecule has 164 valence electrons. The van der Waals surface area contributed by atoms with Crippen LogP contribution >= 0.6 is 22.9 Å². The van der Waals surface area contributed by atoms with Crippen LogP contribution in [0.15, 0.2) is 57.4 Å². The predicted molar refractivity (Wildman–Crippen MR) is 118 cm³/mol. The van der Waals surface area contributed by atoms with Gasteiger partial charge in [0.25, 0.3) is 15.9 Å². The van der Waals surface area contributed by atoms with Gasteiger partial charge in [0.2, 0.25) is 21.2 Å². The molecule has 13 heteroatoms. The van der Waals surface area contributed by atoms with Crippen molar-refractivity contribution in [1.29, 1.82) is 0 Å². The van der Waals surface area contributed by atoms with Crippen LogP contribution in [-0.2, 0) is 16.6 Å². The molecule has 4 aromatic rings. The van der Waals surface area contributed by atoms with Crippen LogP contribution in [0.25, 0.3) is 11.4 Å². The maximum atomic E-state index is 12.5. The van der Waals surface area contributed by atoms with E-state index in [2.05, 4.69) is 30.4 Å². The molecule has 2 aromatic carbocycles. The summed E-state index contributed by atoms with van der Waals surface area (Å²) < 4.78 is 32.2. The highest BCUT2D eigenvalue weighted by Gasteiger charge is 2.22. The van der Waals surface area contributed by atoms with E-state index in [1.807, 2.05) is 31.2 Å². The fraction of sp³-hybridized carbons (Fsp3) is 0.105. The summed E-state index contributed by atoms with van der Waals surface area (Å²) in [4.78, 5) is 16.4. The molecule has 0 bridgehead atoms. The SMILES string of the molecule is Cc1cccc(-c2noc(CNS(=O)(=O)c3nnc(NC(=O)c4ccc(Cl)cc4)s3)n2)c1. The molecule has 1 amide bonds. The number of hydrogen-bond donors (Lipinski definition) is 2. The Bertz CT molecular complexity index is 1370. The lowest BCUT2D eigenvalue weighted by Crippen LogP contribution is -2.23. The highest BCUT2D eigenvalue weighted by molar-refractivity contribution is 7.91.